The molecule has 0 heterocycles. The van der Waals surface area contributed by atoms with Crippen LogP contribution in [0.4, 0.5) is 0 Å². The first kappa shape index (κ1) is 7.63. The first-order valence-corrected chi connectivity index (χ1v) is 3.85. The van der Waals surface area contributed by atoms with Crippen LogP contribution in [0.15, 0.2) is 23.8 Å². The highest BCUT2D eigenvalue weighted by Gasteiger charge is 2.00. The summed E-state index contributed by atoms with van der Waals surface area (Å²) in [6, 6.07) is 0. The van der Waals surface area contributed by atoms with E-state index < -0.39 is 0 Å². The molecule has 0 spiro atoms. The molecule has 0 amide bonds. The minimum Gasteiger partial charge on any atom is -0.326 e. The molecule has 54 valence electrons. The van der Waals surface area contributed by atoms with Gasteiger partial charge in [0.2, 0.25) is 0 Å². The number of thiocarbonyl (C=S) groups is 1. The van der Waals surface area contributed by atoms with Gasteiger partial charge in [0.25, 0.3) is 0 Å². The fraction of sp³-hybridized carbons (Fsp3) is 0.375. The number of nitrogens with two attached hydrogens (primary N) is 1. The zero-order valence-corrected chi connectivity index (χ0v) is 6.66. The van der Waals surface area contributed by atoms with E-state index in [1.54, 1.807) is 0 Å². The molecule has 2 N–H and O–H groups in total. The molecule has 0 saturated carbocycles. The molecule has 1 aliphatic carbocycles. The van der Waals surface area contributed by atoms with E-state index in [2.05, 4.69) is 18.2 Å². The summed E-state index contributed by atoms with van der Waals surface area (Å²) < 4.78 is 0. The van der Waals surface area contributed by atoms with Gasteiger partial charge < -0.3 is 5.73 Å². The van der Waals surface area contributed by atoms with Crippen LogP contribution >= 0.6 is 12.2 Å². The van der Waals surface area contributed by atoms with E-state index in [9.17, 15) is 0 Å². The molecule has 0 atom stereocenters. The van der Waals surface area contributed by atoms with E-state index in [1.165, 1.54) is 0 Å². The smallest absolute Gasteiger partial charge is 0.0357 e. The van der Waals surface area contributed by atoms with Gasteiger partial charge >= 0.3 is 0 Å². The molecule has 0 bridgehead atoms. The molecule has 10 heavy (non-hydrogen) atoms. The lowest BCUT2D eigenvalue weighted by molar-refractivity contribution is 1.03. The highest BCUT2D eigenvalue weighted by Crippen LogP contribution is 2.10. The highest BCUT2D eigenvalue weighted by atomic mass is 32.1. The molecule has 1 aliphatic rings. The Kier molecular flexibility index (Phi) is 2.78. The second kappa shape index (κ2) is 3.64. The van der Waals surface area contributed by atoms with Crippen molar-refractivity contribution in [3.8, 4) is 0 Å². The van der Waals surface area contributed by atoms with Gasteiger partial charge in [0.1, 0.15) is 0 Å². The Morgan fingerprint density at radius 3 is 2.90 bits per heavy atom. The topological polar surface area (TPSA) is 26.0 Å². The monoisotopic (exact) mass is 153 g/mol. The van der Waals surface area contributed by atoms with Crippen LogP contribution in [0.1, 0.15) is 12.8 Å². The number of allylic oxidation sites excluding steroid dienone is 3. The minimum absolute atomic E-state index is 0.492. The second-order valence-corrected chi connectivity index (χ2v) is 2.76. The van der Waals surface area contributed by atoms with Crippen molar-refractivity contribution in [1.82, 2.24) is 0 Å². The predicted octanol–water partition coefficient (Wildman–Crippen LogP) is 1.59. The van der Waals surface area contributed by atoms with Crippen molar-refractivity contribution >= 4 is 17.1 Å². The molecular formula is C8H11NS. The standard InChI is InChI=1S/C8H11NS/c9-6-8(10)7-4-2-1-3-5-7/h2,4-5H,1,3,6,9H2. The summed E-state index contributed by atoms with van der Waals surface area (Å²) in [5, 5.41) is 0. The third-order valence-corrected chi connectivity index (χ3v) is 1.90. The fourth-order valence-electron chi connectivity index (χ4n) is 0.938. The van der Waals surface area contributed by atoms with E-state index in [0.717, 1.165) is 23.3 Å². The summed E-state index contributed by atoms with van der Waals surface area (Å²) in [4.78, 5) is 0.871. The Hall–Kier alpha value is -0.470. The van der Waals surface area contributed by atoms with E-state index in [-0.39, 0.29) is 0 Å². The lowest BCUT2D eigenvalue weighted by atomic mass is 10.0. The van der Waals surface area contributed by atoms with Crippen molar-refractivity contribution in [2.45, 2.75) is 12.8 Å². The summed E-state index contributed by atoms with van der Waals surface area (Å²) in [5.74, 6) is 0. The summed E-state index contributed by atoms with van der Waals surface area (Å²) in [6.45, 7) is 0.492. The Bertz CT molecular complexity index is 191. The molecule has 0 unspecified atom stereocenters. The molecule has 0 radical (unpaired) electrons. The van der Waals surface area contributed by atoms with Gasteiger partial charge in [-0.3, -0.25) is 0 Å². The maximum absolute atomic E-state index is 5.39. The summed E-state index contributed by atoms with van der Waals surface area (Å²) in [5.41, 5.74) is 6.53. The van der Waals surface area contributed by atoms with Crippen LogP contribution in [0.25, 0.3) is 0 Å². The Balaban J connectivity index is 2.63. The second-order valence-electron chi connectivity index (χ2n) is 2.27. The van der Waals surface area contributed by atoms with Gasteiger partial charge in [0, 0.05) is 11.4 Å². The Morgan fingerprint density at radius 1 is 1.60 bits per heavy atom. The van der Waals surface area contributed by atoms with Crippen LogP contribution in [0, 0.1) is 0 Å². The Morgan fingerprint density at radius 2 is 2.40 bits per heavy atom. The normalized spacial score (nSPS) is 16.7. The molecule has 1 rings (SSSR count). The van der Waals surface area contributed by atoms with Crippen LogP contribution in [-0.4, -0.2) is 11.4 Å². The van der Waals surface area contributed by atoms with Crippen LogP contribution in [-0.2, 0) is 0 Å². The van der Waals surface area contributed by atoms with Gasteiger partial charge in [0.15, 0.2) is 0 Å². The highest BCUT2D eigenvalue weighted by molar-refractivity contribution is 7.81. The van der Waals surface area contributed by atoms with E-state index >= 15 is 0 Å². The zero-order valence-electron chi connectivity index (χ0n) is 5.84. The third-order valence-electron chi connectivity index (χ3n) is 1.50. The molecule has 2 heteroatoms. The van der Waals surface area contributed by atoms with Crippen molar-refractivity contribution in [1.29, 1.82) is 0 Å². The van der Waals surface area contributed by atoms with Gasteiger partial charge in [-0.15, -0.1) is 0 Å². The number of hydrogen-bond acceptors (Lipinski definition) is 2. The summed E-state index contributed by atoms with van der Waals surface area (Å²) in [6.07, 6.45) is 8.58. The first-order valence-electron chi connectivity index (χ1n) is 3.44. The van der Waals surface area contributed by atoms with Crippen LogP contribution in [0.2, 0.25) is 0 Å². The number of rotatable bonds is 2. The molecule has 0 aromatic rings. The molecule has 0 fully saturated rings. The summed E-state index contributed by atoms with van der Waals surface area (Å²) >= 11 is 5.03. The molecule has 0 aromatic heterocycles. The maximum atomic E-state index is 5.39. The molecule has 1 nitrogen and oxygen atoms in total. The summed E-state index contributed by atoms with van der Waals surface area (Å²) in [7, 11) is 0. The van der Waals surface area contributed by atoms with Gasteiger partial charge in [-0.2, -0.15) is 0 Å². The van der Waals surface area contributed by atoms with Crippen LogP contribution in [0.3, 0.4) is 0 Å². The van der Waals surface area contributed by atoms with Gasteiger partial charge in [-0.05, 0) is 18.4 Å². The predicted molar refractivity (Wildman–Crippen MR) is 48.1 cm³/mol. The largest absolute Gasteiger partial charge is 0.326 e. The van der Waals surface area contributed by atoms with E-state index in [0.29, 0.717) is 6.54 Å². The number of hydrogen-bond donors (Lipinski definition) is 1. The molecule has 0 aromatic carbocycles. The Labute approximate surface area is 66.6 Å². The van der Waals surface area contributed by atoms with Crippen molar-refractivity contribution in [2.24, 2.45) is 5.73 Å². The average Bonchev–Trinajstić information content (AvgIpc) is 2.05. The minimum atomic E-state index is 0.492. The van der Waals surface area contributed by atoms with E-state index in [4.69, 9.17) is 18.0 Å². The van der Waals surface area contributed by atoms with E-state index in [1.807, 2.05) is 0 Å². The quantitative estimate of drug-likeness (QED) is 0.610. The average molecular weight is 153 g/mol. The fourth-order valence-corrected chi connectivity index (χ4v) is 1.09. The van der Waals surface area contributed by atoms with Crippen molar-refractivity contribution in [3.05, 3.63) is 23.8 Å². The van der Waals surface area contributed by atoms with Crippen LogP contribution in [0.5, 0.6) is 0 Å². The molecule has 0 aliphatic heterocycles. The van der Waals surface area contributed by atoms with Gasteiger partial charge in [-0.25, -0.2) is 0 Å². The molecular weight excluding hydrogens is 142 g/mol. The van der Waals surface area contributed by atoms with Gasteiger partial charge in [0.05, 0.1) is 0 Å². The third kappa shape index (κ3) is 1.75. The van der Waals surface area contributed by atoms with Crippen molar-refractivity contribution in [3.63, 3.8) is 0 Å². The van der Waals surface area contributed by atoms with Crippen molar-refractivity contribution < 1.29 is 0 Å². The lowest BCUT2D eigenvalue weighted by Crippen LogP contribution is -2.13. The SMILES string of the molecule is NCC(=S)C1=CCCC=C1. The lowest BCUT2D eigenvalue weighted by Gasteiger charge is -2.05. The first-order chi connectivity index (χ1) is 4.84. The molecule has 0 saturated heterocycles. The van der Waals surface area contributed by atoms with Crippen molar-refractivity contribution in [2.75, 3.05) is 6.54 Å². The van der Waals surface area contributed by atoms with Gasteiger partial charge in [-0.1, -0.05) is 30.4 Å². The maximum Gasteiger partial charge on any atom is 0.0357 e. The zero-order chi connectivity index (χ0) is 7.40. The van der Waals surface area contributed by atoms with Crippen LogP contribution < -0.4 is 5.73 Å².